The first kappa shape index (κ1) is 21.6. The molecular formula is C21H29ClN4O3. The molecule has 1 unspecified atom stereocenters. The van der Waals surface area contributed by atoms with Gasteiger partial charge in [-0.1, -0.05) is 0 Å². The van der Waals surface area contributed by atoms with Crippen molar-refractivity contribution in [3.8, 4) is 5.75 Å². The third-order valence-corrected chi connectivity index (χ3v) is 5.42. The number of benzene rings is 1. The van der Waals surface area contributed by atoms with Crippen molar-refractivity contribution < 1.29 is 14.3 Å². The van der Waals surface area contributed by atoms with E-state index in [1.165, 1.54) is 0 Å². The predicted octanol–water partition coefficient (Wildman–Crippen LogP) is 3.29. The van der Waals surface area contributed by atoms with E-state index in [4.69, 9.17) is 9.47 Å². The quantitative estimate of drug-likeness (QED) is 0.749. The molecule has 29 heavy (non-hydrogen) atoms. The fourth-order valence-corrected chi connectivity index (χ4v) is 3.68. The minimum absolute atomic E-state index is 0. The number of nitrogens with one attached hydrogen (secondary N) is 2. The van der Waals surface area contributed by atoms with Crippen molar-refractivity contribution in [1.29, 1.82) is 0 Å². The highest BCUT2D eigenvalue weighted by atomic mass is 35.5. The van der Waals surface area contributed by atoms with E-state index in [1.54, 1.807) is 6.07 Å². The number of nitrogens with zero attached hydrogens (tertiary/aromatic N) is 2. The summed E-state index contributed by atoms with van der Waals surface area (Å²) < 4.78 is 13.1. The zero-order valence-corrected chi connectivity index (χ0v) is 17.3. The Hall–Kier alpha value is -2.09. The topological polar surface area (TPSA) is 77.4 Å². The van der Waals surface area contributed by atoms with Gasteiger partial charge in [-0.2, -0.15) is 5.10 Å². The largest absolute Gasteiger partial charge is 0.493 e. The van der Waals surface area contributed by atoms with Crippen molar-refractivity contribution in [1.82, 2.24) is 15.1 Å². The number of hydrogen-bond acceptors (Lipinski definition) is 5. The maximum atomic E-state index is 12.5. The van der Waals surface area contributed by atoms with Gasteiger partial charge in [-0.15, -0.1) is 12.4 Å². The van der Waals surface area contributed by atoms with Gasteiger partial charge in [0.25, 0.3) is 5.91 Å². The molecule has 158 valence electrons. The van der Waals surface area contributed by atoms with Crippen LogP contribution in [0.15, 0.2) is 36.5 Å². The third kappa shape index (κ3) is 5.95. The Morgan fingerprint density at radius 3 is 2.72 bits per heavy atom. The molecule has 0 saturated carbocycles. The Balaban J connectivity index is 0.00000240. The van der Waals surface area contributed by atoms with Crippen LogP contribution in [0.5, 0.6) is 5.75 Å². The monoisotopic (exact) mass is 420 g/mol. The molecule has 0 bridgehead atoms. The van der Waals surface area contributed by atoms with Crippen LogP contribution in [0.3, 0.4) is 0 Å². The summed E-state index contributed by atoms with van der Waals surface area (Å²) in [5.74, 6) is 1.18. The van der Waals surface area contributed by atoms with Gasteiger partial charge in [0.05, 0.1) is 12.6 Å². The van der Waals surface area contributed by atoms with Crippen molar-refractivity contribution in [3.05, 3.63) is 42.2 Å². The molecule has 2 N–H and O–H groups in total. The van der Waals surface area contributed by atoms with Gasteiger partial charge in [-0.3, -0.25) is 9.48 Å². The molecule has 3 heterocycles. The molecule has 2 fully saturated rings. The van der Waals surface area contributed by atoms with Crippen molar-refractivity contribution in [3.63, 3.8) is 0 Å². The maximum absolute atomic E-state index is 12.5. The smallest absolute Gasteiger partial charge is 0.276 e. The summed E-state index contributed by atoms with van der Waals surface area (Å²) in [6.07, 6.45) is 6.22. The lowest BCUT2D eigenvalue weighted by molar-refractivity contribution is 0.0497. The second-order valence-corrected chi connectivity index (χ2v) is 7.53. The molecule has 0 spiro atoms. The summed E-state index contributed by atoms with van der Waals surface area (Å²) >= 11 is 0. The molecule has 1 atom stereocenters. The van der Waals surface area contributed by atoms with Crippen LogP contribution < -0.4 is 15.4 Å². The number of rotatable bonds is 6. The number of carbonyl (C=O) groups is 1. The average Bonchev–Trinajstić information content (AvgIpc) is 3.25. The Kier molecular flexibility index (Phi) is 7.91. The molecule has 4 rings (SSSR count). The number of anilines is 1. The van der Waals surface area contributed by atoms with Crippen molar-refractivity contribution >= 4 is 24.0 Å². The van der Waals surface area contributed by atoms with Crippen LogP contribution in [0.1, 0.15) is 42.2 Å². The predicted molar refractivity (Wildman–Crippen MR) is 114 cm³/mol. The highest BCUT2D eigenvalue weighted by molar-refractivity contribution is 6.02. The van der Waals surface area contributed by atoms with Gasteiger partial charge in [0.2, 0.25) is 0 Å². The Labute approximate surface area is 177 Å². The van der Waals surface area contributed by atoms with Gasteiger partial charge < -0.3 is 20.1 Å². The van der Waals surface area contributed by atoms with Crippen molar-refractivity contribution in [2.45, 2.75) is 31.7 Å². The van der Waals surface area contributed by atoms with E-state index in [-0.39, 0.29) is 18.3 Å². The van der Waals surface area contributed by atoms with Crippen LogP contribution in [0, 0.1) is 5.92 Å². The minimum atomic E-state index is -0.196. The first-order chi connectivity index (χ1) is 13.8. The van der Waals surface area contributed by atoms with Crippen molar-refractivity contribution in [2.75, 3.05) is 38.2 Å². The summed E-state index contributed by atoms with van der Waals surface area (Å²) in [6.45, 7) is 4.32. The second-order valence-electron chi connectivity index (χ2n) is 7.53. The highest BCUT2D eigenvalue weighted by Gasteiger charge is 2.18. The number of hydrogen-bond donors (Lipinski definition) is 2. The van der Waals surface area contributed by atoms with Gasteiger partial charge in [-0.05, 0) is 68.5 Å². The first-order valence-electron chi connectivity index (χ1n) is 10.2. The van der Waals surface area contributed by atoms with Crippen LogP contribution in [-0.2, 0) is 4.74 Å². The summed E-state index contributed by atoms with van der Waals surface area (Å²) in [5.41, 5.74) is 1.17. The third-order valence-electron chi connectivity index (χ3n) is 5.42. The molecule has 2 saturated heterocycles. The lowest BCUT2D eigenvalue weighted by atomic mass is 10.0. The summed E-state index contributed by atoms with van der Waals surface area (Å²) in [4.78, 5) is 12.5. The lowest BCUT2D eigenvalue weighted by Gasteiger charge is -2.22. The van der Waals surface area contributed by atoms with Crippen molar-refractivity contribution in [2.24, 2.45) is 5.92 Å². The van der Waals surface area contributed by atoms with E-state index in [2.05, 4.69) is 15.7 Å². The molecule has 2 aromatic rings. The van der Waals surface area contributed by atoms with E-state index in [9.17, 15) is 4.79 Å². The minimum Gasteiger partial charge on any atom is -0.493 e. The second kappa shape index (κ2) is 10.6. The fourth-order valence-electron chi connectivity index (χ4n) is 3.68. The van der Waals surface area contributed by atoms with Crippen LogP contribution in [0.2, 0.25) is 0 Å². The number of carbonyl (C=O) groups excluding carboxylic acids is 1. The zero-order chi connectivity index (χ0) is 19.2. The highest BCUT2D eigenvalue weighted by Crippen LogP contribution is 2.20. The van der Waals surface area contributed by atoms with Gasteiger partial charge in [-0.25, -0.2) is 0 Å². The zero-order valence-electron chi connectivity index (χ0n) is 16.5. The standard InChI is InChI=1S/C21H28N4O3.ClH/c26-21(20-7-11-25(24-20)18-2-1-10-22-14-18)23-17-3-5-19(6-4-17)28-15-16-8-12-27-13-9-16;/h3-7,11,16,18,22H,1-2,8-10,12-15H2,(H,23,26);1H. The molecule has 1 aromatic heterocycles. The number of aromatic nitrogens is 2. The van der Waals surface area contributed by atoms with E-state index in [0.717, 1.165) is 63.4 Å². The molecule has 0 radical (unpaired) electrons. The van der Waals surface area contributed by atoms with Gasteiger partial charge in [0.15, 0.2) is 5.69 Å². The van der Waals surface area contributed by atoms with Crippen LogP contribution in [0.25, 0.3) is 0 Å². The molecule has 0 aliphatic carbocycles. The summed E-state index contributed by atoms with van der Waals surface area (Å²) in [6, 6.07) is 9.60. The van der Waals surface area contributed by atoms with Gasteiger partial charge in [0, 0.05) is 31.6 Å². The van der Waals surface area contributed by atoms with Crippen LogP contribution in [-0.4, -0.2) is 48.6 Å². The number of halogens is 1. The number of piperidine rings is 1. The molecule has 8 heteroatoms. The molecule has 1 amide bonds. The normalized spacial score (nSPS) is 19.9. The number of ether oxygens (including phenoxy) is 2. The Bertz CT molecular complexity index is 768. The number of amides is 1. The van der Waals surface area contributed by atoms with Gasteiger partial charge in [0.1, 0.15) is 5.75 Å². The van der Waals surface area contributed by atoms with E-state index in [1.807, 2.05) is 35.1 Å². The molecule has 1 aromatic carbocycles. The summed E-state index contributed by atoms with van der Waals surface area (Å²) in [7, 11) is 0. The first-order valence-corrected chi connectivity index (χ1v) is 10.2. The molecule has 7 nitrogen and oxygen atoms in total. The Morgan fingerprint density at radius 1 is 1.21 bits per heavy atom. The maximum Gasteiger partial charge on any atom is 0.276 e. The average molecular weight is 421 g/mol. The van der Waals surface area contributed by atoms with Crippen LogP contribution in [0.4, 0.5) is 5.69 Å². The Morgan fingerprint density at radius 2 is 2.00 bits per heavy atom. The van der Waals surface area contributed by atoms with E-state index >= 15 is 0 Å². The van der Waals surface area contributed by atoms with E-state index < -0.39 is 0 Å². The fraction of sp³-hybridized carbons (Fsp3) is 0.524. The SMILES string of the molecule is Cl.O=C(Nc1ccc(OCC2CCOCC2)cc1)c1ccn(C2CCCNC2)n1. The summed E-state index contributed by atoms with van der Waals surface area (Å²) in [5, 5.41) is 10.7. The van der Waals surface area contributed by atoms with E-state index in [0.29, 0.717) is 24.3 Å². The molecule has 2 aliphatic rings. The van der Waals surface area contributed by atoms with Gasteiger partial charge >= 0.3 is 0 Å². The molecule has 2 aliphatic heterocycles. The molecular weight excluding hydrogens is 392 g/mol. The van der Waals surface area contributed by atoms with Crippen LogP contribution >= 0.6 is 12.4 Å². The lowest BCUT2D eigenvalue weighted by Crippen LogP contribution is -2.32.